The van der Waals surface area contributed by atoms with Crippen molar-refractivity contribution in [3.8, 4) is 5.75 Å². The second kappa shape index (κ2) is 3.48. The van der Waals surface area contributed by atoms with E-state index in [1.54, 1.807) is 0 Å². The molecule has 0 unspecified atom stereocenters. The van der Waals surface area contributed by atoms with Crippen molar-refractivity contribution in [3.63, 3.8) is 0 Å². The Morgan fingerprint density at radius 3 is 3.00 bits per heavy atom. The van der Waals surface area contributed by atoms with Crippen LogP contribution in [0.5, 0.6) is 5.75 Å². The normalized spacial score (nSPS) is 9.91. The summed E-state index contributed by atoms with van der Waals surface area (Å²) in [6.07, 6.45) is 3.04. The molecule has 0 bridgehead atoms. The summed E-state index contributed by atoms with van der Waals surface area (Å²) >= 11 is 1.13. The number of aromatic hydroxyl groups is 1. The Morgan fingerprint density at radius 1 is 1.73 bits per heavy atom. The minimum absolute atomic E-state index is 0.332. The van der Waals surface area contributed by atoms with Crippen molar-refractivity contribution in [2.45, 2.75) is 5.75 Å². The van der Waals surface area contributed by atoms with Crippen LogP contribution in [0.1, 0.15) is 5.76 Å². The second-order valence-corrected chi connectivity index (χ2v) is 3.02. The van der Waals surface area contributed by atoms with Crippen molar-refractivity contribution >= 4 is 11.8 Å². The molecule has 0 aliphatic carbocycles. The highest BCUT2D eigenvalue weighted by atomic mass is 32.2. The molecule has 0 aliphatic rings. The van der Waals surface area contributed by atoms with E-state index in [4.69, 9.17) is 9.52 Å². The Kier molecular flexibility index (Phi) is 2.59. The summed E-state index contributed by atoms with van der Waals surface area (Å²) in [6.45, 7) is 0. The number of rotatable bonds is 2. The molecule has 0 aliphatic heterocycles. The van der Waals surface area contributed by atoms with Crippen LogP contribution in [0.15, 0.2) is 21.5 Å². The van der Waals surface area contributed by atoms with Crippen LogP contribution in [0.2, 0.25) is 0 Å². The topological polar surface area (TPSA) is 50.4 Å². The molecule has 0 radical (unpaired) electrons. The Balaban J connectivity index is 2.96. The maximum atomic E-state index is 10.8. The first-order valence-electron chi connectivity index (χ1n) is 3.10. The van der Waals surface area contributed by atoms with Gasteiger partial charge in [0.2, 0.25) is 5.43 Å². The number of thiol groups is 1. The lowest BCUT2D eigenvalue weighted by Crippen LogP contribution is -2.00. The zero-order chi connectivity index (χ0) is 8.27. The molecule has 1 aromatic rings. The summed E-state index contributed by atoms with van der Waals surface area (Å²) in [5.74, 6) is 0.980. The van der Waals surface area contributed by atoms with Crippen LogP contribution < -0.4 is 5.43 Å². The molecular weight excluding hydrogens is 164 g/mol. The summed E-state index contributed by atoms with van der Waals surface area (Å²) in [7, 11) is 0. The summed E-state index contributed by atoms with van der Waals surface area (Å²) in [4.78, 5) is 10.8. The van der Waals surface area contributed by atoms with Crippen molar-refractivity contribution in [2.75, 3.05) is 6.26 Å². The van der Waals surface area contributed by atoms with Crippen LogP contribution in [-0.4, -0.2) is 11.4 Å². The van der Waals surface area contributed by atoms with Crippen LogP contribution >= 0.6 is 0 Å². The maximum Gasteiger partial charge on any atom is 0.226 e. The van der Waals surface area contributed by atoms with E-state index in [0.717, 1.165) is 18.0 Å². The molecule has 60 valence electrons. The fraction of sp³-hybridized carbons (Fsp3) is 0.286. The lowest BCUT2D eigenvalue weighted by molar-refractivity contribution is 0.419. The van der Waals surface area contributed by atoms with Gasteiger partial charge in [-0.05, 0) is 11.8 Å². The van der Waals surface area contributed by atoms with Gasteiger partial charge in [-0.15, -0.1) is 0 Å². The van der Waals surface area contributed by atoms with Gasteiger partial charge < -0.3 is 9.52 Å². The van der Waals surface area contributed by atoms with Crippen molar-refractivity contribution in [3.05, 3.63) is 28.3 Å². The molecule has 3 nitrogen and oxygen atoms in total. The van der Waals surface area contributed by atoms with E-state index < -0.39 is 0 Å². The zero-order valence-corrected chi connectivity index (χ0v) is 6.97. The maximum absolute atomic E-state index is 10.8. The minimum atomic E-state index is -0.380. The minimum Gasteiger partial charge on any atom is -0.502 e. The van der Waals surface area contributed by atoms with Gasteiger partial charge in [-0.3, -0.25) is 4.79 Å². The molecule has 1 heterocycles. The molecule has 11 heavy (non-hydrogen) atoms. The first-order chi connectivity index (χ1) is 5.24. The fourth-order valence-electron chi connectivity index (χ4n) is 0.683. The fourth-order valence-corrected chi connectivity index (χ4v) is 1.16. The van der Waals surface area contributed by atoms with Crippen LogP contribution in [0.25, 0.3) is 0 Å². The van der Waals surface area contributed by atoms with Gasteiger partial charge >= 0.3 is 0 Å². The van der Waals surface area contributed by atoms with Crippen molar-refractivity contribution in [2.24, 2.45) is 0 Å². The summed E-state index contributed by atoms with van der Waals surface area (Å²) < 4.78 is 4.92. The molecule has 1 N–H and O–H groups in total. The quantitative estimate of drug-likeness (QED) is 0.516. The van der Waals surface area contributed by atoms with E-state index in [1.807, 2.05) is 6.26 Å². The molecule has 1 rings (SSSR count). The van der Waals surface area contributed by atoms with Gasteiger partial charge in [0.15, 0.2) is 17.3 Å². The molecular formula is C7H9O3S+. The first-order valence-corrected chi connectivity index (χ1v) is 4.63. The Bertz CT molecular complexity index is 292. The lowest BCUT2D eigenvalue weighted by atomic mass is 10.4. The molecule has 4 heteroatoms. The molecule has 1 aromatic heterocycles. The summed E-state index contributed by atoms with van der Waals surface area (Å²) in [5.41, 5.74) is -0.380. The van der Waals surface area contributed by atoms with Crippen molar-refractivity contribution < 1.29 is 9.52 Å². The zero-order valence-electron chi connectivity index (χ0n) is 6.07. The molecule has 0 amide bonds. The largest absolute Gasteiger partial charge is 0.502 e. The van der Waals surface area contributed by atoms with E-state index >= 15 is 0 Å². The summed E-state index contributed by atoms with van der Waals surface area (Å²) in [6, 6.07) is 1.31. The molecule has 0 fully saturated rings. The van der Waals surface area contributed by atoms with E-state index in [0.29, 0.717) is 11.5 Å². The smallest absolute Gasteiger partial charge is 0.226 e. The highest BCUT2D eigenvalue weighted by Crippen LogP contribution is 2.03. The lowest BCUT2D eigenvalue weighted by Gasteiger charge is -1.91. The standard InChI is InChI=1S/C7H8O3S/c1-11-4-5-2-6(8)7(9)3-10-5/h2-3,9H,4H2,1H3/p+1. The predicted octanol–water partition coefficient (Wildman–Crippen LogP) is 0.290. The highest BCUT2D eigenvalue weighted by molar-refractivity contribution is 7.76. The molecule has 0 aromatic carbocycles. The van der Waals surface area contributed by atoms with E-state index in [9.17, 15) is 4.79 Å². The summed E-state index contributed by atoms with van der Waals surface area (Å²) in [5, 5.41) is 8.80. The average Bonchev–Trinajstić information content (AvgIpc) is 1.98. The van der Waals surface area contributed by atoms with Gasteiger partial charge in [-0.1, -0.05) is 0 Å². The third-order valence-corrected chi connectivity index (χ3v) is 1.81. The van der Waals surface area contributed by atoms with Gasteiger partial charge in [0.05, 0.1) is 6.26 Å². The van der Waals surface area contributed by atoms with Crippen LogP contribution in [0.4, 0.5) is 0 Å². The average molecular weight is 173 g/mol. The first kappa shape index (κ1) is 8.20. The highest BCUT2D eigenvalue weighted by Gasteiger charge is 2.02. The monoisotopic (exact) mass is 173 g/mol. The second-order valence-electron chi connectivity index (χ2n) is 2.07. The van der Waals surface area contributed by atoms with E-state index in [1.165, 1.54) is 6.07 Å². The van der Waals surface area contributed by atoms with Gasteiger partial charge in [-0.25, -0.2) is 0 Å². The van der Waals surface area contributed by atoms with Gasteiger partial charge in [0.25, 0.3) is 0 Å². The van der Waals surface area contributed by atoms with Crippen molar-refractivity contribution in [1.82, 2.24) is 0 Å². The van der Waals surface area contributed by atoms with Gasteiger partial charge in [-0.2, -0.15) is 0 Å². The van der Waals surface area contributed by atoms with Crippen LogP contribution in [0, 0.1) is 0 Å². The van der Waals surface area contributed by atoms with E-state index in [2.05, 4.69) is 0 Å². The van der Waals surface area contributed by atoms with Gasteiger partial charge in [0.1, 0.15) is 6.26 Å². The Morgan fingerprint density at radius 2 is 2.45 bits per heavy atom. The third-order valence-electron chi connectivity index (χ3n) is 1.18. The molecule has 0 spiro atoms. The van der Waals surface area contributed by atoms with Crippen LogP contribution in [0.3, 0.4) is 0 Å². The Labute approximate surface area is 68.0 Å². The van der Waals surface area contributed by atoms with Crippen molar-refractivity contribution in [1.29, 1.82) is 0 Å². The number of hydrogen-bond acceptors (Lipinski definition) is 3. The van der Waals surface area contributed by atoms with Gasteiger partial charge in [0, 0.05) is 6.07 Å². The third kappa shape index (κ3) is 2.01. The number of hydrogen-bond donors (Lipinski definition) is 1. The molecule has 0 saturated heterocycles. The molecule has 0 saturated carbocycles. The predicted molar refractivity (Wildman–Crippen MR) is 45.0 cm³/mol. The van der Waals surface area contributed by atoms with Crippen LogP contribution in [-0.2, 0) is 17.5 Å². The Hall–Kier alpha value is -0.900. The van der Waals surface area contributed by atoms with E-state index in [-0.39, 0.29) is 11.2 Å². The SMILES string of the molecule is C[SH+]Cc1cc(=O)c(O)co1. The molecule has 0 atom stereocenters.